The molecule has 0 saturated carbocycles. The van der Waals surface area contributed by atoms with E-state index < -0.39 is 5.60 Å². The highest BCUT2D eigenvalue weighted by Crippen LogP contribution is 2.14. The molecule has 0 aromatic carbocycles. The van der Waals surface area contributed by atoms with Crippen molar-refractivity contribution in [3.63, 3.8) is 0 Å². The Kier molecular flexibility index (Phi) is 12.7. The van der Waals surface area contributed by atoms with Gasteiger partial charge in [0.1, 0.15) is 10.6 Å². The van der Waals surface area contributed by atoms with Crippen LogP contribution in [0.1, 0.15) is 51.4 Å². The summed E-state index contributed by atoms with van der Waals surface area (Å²) in [7, 11) is 1.76. The van der Waals surface area contributed by atoms with Crippen molar-refractivity contribution in [1.29, 1.82) is 0 Å². The van der Waals surface area contributed by atoms with Gasteiger partial charge in [-0.25, -0.2) is 14.8 Å². The van der Waals surface area contributed by atoms with Crippen molar-refractivity contribution < 1.29 is 9.53 Å². The molecule has 0 aliphatic carbocycles. The van der Waals surface area contributed by atoms with Gasteiger partial charge in [0, 0.05) is 37.8 Å². The van der Waals surface area contributed by atoms with Gasteiger partial charge in [-0.05, 0) is 40.0 Å². The van der Waals surface area contributed by atoms with E-state index in [4.69, 9.17) is 4.74 Å². The highest BCUT2D eigenvalue weighted by Gasteiger charge is 2.20. The number of thiazole rings is 1. The van der Waals surface area contributed by atoms with E-state index in [1.165, 1.54) is 4.88 Å². The lowest BCUT2D eigenvalue weighted by Gasteiger charge is -2.26. The zero-order valence-electron chi connectivity index (χ0n) is 18.2. The first kappa shape index (κ1) is 26.9. The molecule has 0 bridgehead atoms. The molecule has 1 atom stereocenters. The summed E-state index contributed by atoms with van der Waals surface area (Å²) >= 11 is 1.70. The lowest BCUT2D eigenvalue weighted by molar-refractivity contribution is 0.0278. The Hall–Kier alpha value is -1.10. The number of hydrogen-bond donors (Lipinski definition) is 2. The van der Waals surface area contributed by atoms with Crippen molar-refractivity contribution in [3.8, 4) is 0 Å². The number of aryl methyl sites for hydroxylation is 1. The van der Waals surface area contributed by atoms with Crippen LogP contribution in [0.25, 0.3) is 0 Å². The second kappa shape index (κ2) is 13.2. The Morgan fingerprint density at radius 2 is 2.04 bits per heavy atom. The molecule has 1 amide bonds. The van der Waals surface area contributed by atoms with Crippen LogP contribution in [0.5, 0.6) is 0 Å². The van der Waals surface area contributed by atoms with Crippen LogP contribution in [0.2, 0.25) is 0 Å². The van der Waals surface area contributed by atoms with Crippen LogP contribution in [0.3, 0.4) is 0 Å². The molecule has 0 saturated heterocycles. The van der Waals surface area contributed by atoms with Crippen molar-refractivity contribution in [2.24, 2.45) is 10.9 Å². The molecule has 28 heavy (non-hydrogen) atoms. The van der Waals surface area contributed by atoms with Gasteiger partial charge in [0.2, 0.25) is 0 Å². The minimum atomic E-state index is -0.481. The van der Waals surface area contributed by atoms with Gasteiger partial charge in [-0.2, -0.15) is 0 Å². The van der Waals surface area contributed by atoms with Crippen molar-refractivity contribution >= 4 is 47.4 Å². The summed E-state index contributed by atoms with van der Waals surface area (Å²) in [6, 6.07) is 0. The lowest BCUT2D eigenvalue weighted by atomic mass is 10.1. The molecular formula is C19H36IN5O2S. The molecule has 1 unspecified atom stereocenters. The Bertz CT molecular complexity index is 616. The fraction of sp³-hybridized carbons (Fsp3) is 0.737. The van der Waals surface area contributed by atoms with Gasteiger partial charge in [-0.1, -0.05) is 13.8 Å². The largest absolute Gasteiger partial charge is 0.444 e. The minimum Gasteiger partial charge on any atom is -0.444 e. The summed E-state index contributed by atoms with van der Waals surface area (Å²) in [5.74, 6) is 1.01. The third-order valence-electron chi connectivity index (χ3n) is 3.58. The molecular weight excluding hydrogens is 489 g/mol. The minimum absolute atomic E-state index is 0. The predicted molar refractivity (Wildman–Crippen MR) is 128 cm³/mol. The van der Waals surface area contributed by atoms with Gasteiger partial charge >= 0.3 is 6.09 Å². The second-order valence-corrected chi connectivity index (χ2v) is 8.82. The number of rotatable bonds is 8. The van der Waals surface area contributed by atoms with E-state index in [1.807, 2.05) is 33.9 Å². The maximum Gasteiger partial charge on any atom is 0.410 e. The molecule has 162 valence electrons. The molecule has 0 aliphatic heterocycles. The van der Waals surface area contributed by atoms with Crippen LogP contribution in [-0.4, -0.2) is 54.2 Å². The summed E-state index contributed by atoms with van der Waals surface area (Å²) in [4.78, 5) is 24.0. The third kappa shape index (κ3) is 11.0. The van der Waals surface area contributed by atoms with Gasteiger partial charge in [0.15, 0.2) is 5.96 Å². The quantitative estimate of drug-likeness (QED) is 0.306. The van der Waals surface area contributed by atoms with Gasteiger partial charge in [0.25, 0.3) is 0 Å². The molecule has 9 heteroatoms. The summed E-state index contributed by atoms with van der Waals surface area (Å²) in [5.41, 5.74) is -0.481. The van der Waals surface area contributed by atoms with E-state index in [0.717, 1.165) is 23.9 Å². The maximum atomic E-state index is 12.1. The van der Waals surface area contributed by atoms with E-state index in [-0.39, 0.29) is 36.0 Å². The molecule has 1 heterocycles. The molecule has 1 rings (SSSR count). The number of nitrogens with zero attached hydrogens (tertiary/aromatic N) is 3. The number of amides is 1. The van der Waals surface area contributed by atoms with Crippen LogP contribution >= 0.6 is 35.3 Å². The van der Waals surface area contributed by atoms with Gasteiger partial charge in [-0.15, -0.1) is 35.3 Å². The monoisotopic (exact) mass is 525 g/mol. The Morgan fingerprint density at radius 1 is 1.36 bits per heavy atom. The number of guanidine groups is 1. The summed E-state index contributed by atoms with van der Waals surface area (Å²) in [6.45, 7) is 14.5. The Morgan fingerprint density at radius 3 is 2.57 bits per heavy atom. The molecule has 0 radical (unpaired) electrons. The Balaban J connectivity index is 0.00000729. The molecule has 0 fully saturated rings. The standard InChI is InChI=1S/C19H35N5O2S.HI/c1-8-15-11-21-16(27-15)12-23-17(20-9-2)22-10-14(3)13-24(7)18(25)26-19(4,5)6;/h11,14H,8-10,12-13H2,1-7H3,(H2,20,22,23);1H. The molecule has 0 spiro atoms. The van der Waals surface area contributed by atoms with E-state index in [9.17, 15) is 4.79 Å². The van der Waals surface area contributed by atoms with E-state index in [2.05, 4.69) is 34.5 Å². The smallest absolute Gasteiger partial charge is 0.410 e. The van der Waals surface area contributed by atoms with Gasteiger partial charge in [-0.3, -0.25) is 0 Å². The second-order valence-electron chi connectivity index (χ2n) is 7.62. The number of halogens is 1. The first-order chi connectivity index (χ1) is 12.6. The zero-order chi connectivity index (χ0) is 20.4. The number of aliphatic imine (C=N–C) groups is 1. The van der Waals surface area contributed by atoms with Gasteiger partial charge < -0.3 is 20.3 Å². The Labute approximate surface area is 190 Å². The average molecular weight is 526 g/mol. The summed E-state index contributed by atoms with van der Waals surface area (Å²) < 4.78 is 5.39. The lowest BCUT2D eigenvalue weighted by Crippen LogP contribution is -2.42. The molecule has 2 N–H and O–H groups in total. The topological polar surface area (TPSA) is 78.9 Å². The number of nitrogens with one attached hydrogen (secondary N) is 2. The zero-order valence-corrected chi connectivity index (χ0v) is 21.3. The van der Waals surface area contributed by atoms with Crippen molar-refractivity contribution in [2.75, 3.05) is 26.7 Å². The highest BCUT2D eigenvalue weighted by atomic mass is 127. The average Bonchev–Trinajstić information content (AvgIpc) is 3.03. The first-order valence-electron chi connectivity index (χ1n) is 9.54. The predicted octanol–water partition coefficient (Wildman–Crippen LogP) is 3.88. The fourth-order valence-electron chi connectivity index (χ4n) is 2.29. The molecule has 0 aliphatic rings. The van der Waals surface area contributed by atoms with Crippen molar-refractivity contribution in [2.45, 2.75) is 60.1 Å². The summed E-state index contributed by atoms with van der Waals surface area (Å²) in [6.07, 6.45) is 2.62. The van der Waals surface area contributed by atoms with Crippen LogP contribution in [0.4, 0.5) is 4.79 Å². The number of hydrogen-bond acceptors (Lipinski definition) is 5. The molecule has 7 nitrogen and oxygen atoms in total. The van der Waals surface area contributed by atoms with Crippen LogP contribution < -0.4 is 10.6 Å². The number of carbonyl (C=O) groups excluding carboxylic acids is 1. The summed E-state index contributed by atoms with van der Waals surface area (Å²) in [5, 5.41) is 7.60. The fourth-order valence-corrected chi connectivity index (χ4v) is 3.08. The van der Waals surface area contributed by atoms with E-state index in [0.29, 0.717) is 19.6 Å². The van der Waals surface area contributed by atoms with E-state index in [1.54, 1.807) is 23.3 Å². The van der Waals surface area contributed by atoms with Crippen LogP contribution in [0.15, 0.2) is 11.2 Å². The van der Waals surface area contributed by atoms with Gasteiger partial charge in [0.05, 0.1) is 6.54 Å². The third-order valence-corrected chi connectivity index (χ3v) is 4.70. The number of aromatic nitrogens is 1. The molecule has 1 aromatic rings. The van der Waals surface area contributed by atoms with E-state index >= 15 is 0 Å². The van der Waals surface area contributed by atoms with Crippen LogP contribution in [0, 0.1) is 5.92 Å². The maximum absolute atomic E-state index is 12.1. The SMILES string of the molecule is CCNC(=NCc1ncc(CC)s1)NCC(C)CN(C)C(=O)OC(C)(C)C.I. The molecule has 1 aromatic heterocycles. The van der Waals surface area contributed by atoms with Crippen LogP contribution in [-0.2, 0) is 17.7 Å². The highest BCUT2D eigenvalue weighted by molar-refractivity contribution is 14.0. The van der Waals surface area contributed by atoms with Crippen molar-refractivity contribution in [3.05, 3.63) is 16.1 Å². The number of ether oxygens (including phenoxy) is 1. The first-order valence-corrected chi connectivity index (χ1v) is 10.4. The number of carbonyl (C=O) groups is 1. The van der Waals surface area contributed by atoms with Crippen molar-refractivity contribution in [1.82, 2.24) is 20.5 Å². The normalized spacial score (nSPS) is 12.8.